The van der Waals surface area contributed by atoms with Crippen LogP contribution in [0.1, 0.15) is 53.2 Å². The Morgan fingerprint density at radius 1 is 1.11 bits per heavy atom. The molecule has 0 aliphatic carbocycles. The van der Waals surface area contributed by atoms with Gasteiger partial charge < -0.3 is 9.30 Å². The summed E-state index contributed by atoms with van der Waals surface area (Å²) in [5.74, 6) is 1.32. The number of pyridine rings is 2. The molecule has 1 aliphatic heterocycles. The average Bonchev–Trinajstić information content (AvgIpc) is 3.56. The lowest BCUT2D eigenvalue weighted by atomic mass is 10.0. The number of fused-ring (bicyclic) bond motifs is 2. The number of carbonyl (C=O) groups is 1. The number of rotatable bonds is 5. The van der Waals surface area contributed by atoms with Crippen molar-refractivity contribution in [3.8, 4) is 17.3 Å². The Morgan fingerprint density at radius 3 is 2.58 bits per heavy atom. The first-order valence-electron chi connectivity index (χ1n) is 12.2. The van der Waals surface area contributed by atoms with Crippen LogP contribution in [0.15, 0.2) is 48.7 Å². The Bertz CT molecular complexity index is 1710. The second-order valence-electron chi connectivity index (χ2n) is 9.51. The Morgan fingerprint density at radius 2 is 1.87 bits per heavy atom. The molecule has 0 radical (unpaired) electrons. The molecule has 10 nitrogen and oxygen atoms in total. The van der Waals surface area contributed by atoms with Crippen molar-refractivity contribution in [3.05, 3.63) is 76.2 Å². The summed E-state index contributed by atoms with van der Waals surface area (Å²) in [7, 11) is 3.35. The Hall–Kier alpha value is -4.31. The molecule has 1 atom stereocenters. The van der Waals surface area contributed by atoms with Gasteiger partial charge in [0.2, 0.25) is 5.88 Å². The third-order valence-electron chi connectivity index (χ3n) is 6.78. The lowest BCUT2D eigenvalue weighted by Crippen LogP contribution is -2.31. The molecule has 0 saturated heterocycles. The van der Waals surface area contributed by atoms with Crippen LogP contribution in [0, 0.1) is 6.92 Å². The summed E-state index contributed by atoms with van der Waals surface area (Å²) in [6.45, 7) is 6.07. The number of halogens is 1. The predicted molar refractivity (Wildman–Crippen MR) is 144 cm³/mol. The van der Waals surface area contributed by atoms with Crippen LogP contribution >= 0.6 is 11.6 Å². The fourth-order valence-electron chi connectivity index (χ4n) is 5.10. The molecule has 192 valence electrons. The highest BCUT2D eigenvalue weighted by Gasteiger charge is 2.45. The van der Waals surface area contributed by atoms with Gasteiger partial charge in [-0.15, -0.1) is 5.10 Å². The quantitative estimate of drug-likeness (QED) is 0.319. The van der Waals surface area contributed by atoms with E-state index in [-0.39, 0.29) is 11.9 Å². The van der Waals surface area contributed by atoms with Crippen molar-refractivity contribution in [2.75, 3.05) is 12.0 Å². The minimum Gasteiger partial charge on any atom is -0.480 e. The molecule has 6 rings (SSSR count). The van der Waals surface area contributed by atoms with Crippen LogP contribution in [-0.4, -0.2) is 47.5 Å². The Kier molecular flexibility index (Phi) is 5.64. The van der Waals surface area contributed by atoms with Gasteiger partial charge in [0.1, 0.15) is 23.2 Å². The standard InChI is InChI=1S/C27H25ClN8O2/c1-14(2)35-23-21(31-24(35)18-7-6-12-29-26(18)38-5)27(37)36(22(23)16-8-10-17(28)11-9-16)19-13-15(3)20-25(30-19)34(4)33-32-20/h6-14,22H,1-5H3/t22-/m1/s1. The molecule has 0 spiro atoms. The third-order valence-corrected chi connectivity index (χ3v) is 7.03. The van der Waals surface area contributed by atoms with Crippen LogP contribution in [0.4, 0.5) is 5.82 Å². The van der Waals surface area contributed by atoms with Crippen molar-refractivity contribution in [1.82, 2.24) is 34.5 Å². The van der Waals surface area contributed by atoms with Crippen molar-refractivity contribution in [3.63, 3.8) is 0 Å². The number of aryl methyl sites for hydroxylation is 2. The van der Waals surface area contributed by atoms with Gasteiger partial charge in [0.15, 0.2) is 11.3 Å². The topological polar surface area (TPSA) is 104 Å². The first-order valence-corrected chi connectivity index (χ1v) is 12.6. The van der Waals surface area contributed by atoms with Crippen molar-refractivity contribution in [1.29, 1.82) is 0 Å². The molecule has 1 amide bonds. The number of benzene rings is 1. The van der Waals surface area contributed by atoms with Crippen molar-refractivity contribution in [2.45, 2.75) is 32.9 Å². The van der Waals surface area contributed by atoms with Gasteiger partial charge in [-0.1, -0.05) is 28.9 Å². The van der Waals surface area contributed by atoms with E-state index in [4.69, 9.17) is 26.3 Å². The van der Waals surface area contributed by atoms with Crippen molar-refractivity contribution >= 4 is 34.5 Å². The van der Waals surface area contributed by atoms with Crippen LogP contribution in [0.5, 0.6) is 5.88 Å². The number of amides is 1. The molecule has 1 aliphatic rings. The van der Waals surface area contributed by atoms with Gasteiger partial charge in [-0.05, 0) is 62.2 Å². The van der Waals surface area contributed by atoms with E-state index >= 15 is 0 Å². The van der Waals surface area contributed by atoms with E-state index < -0.39 is 6.04 Å². The SMILES string of the molecule is COc1ncccc1-c1nc2c(n1C(C)C)[C@@H](c1ccc(Cl)cc1)N(c1cc(C)c3nnn(C)c3n1)C2=O. The second kappa shape index (κ2) is 8.91. The zero-order valence-corrected chi connectivity index (χ0v) is 22.3. The molecular formula is C27H25ClN8O2. The zero-order valence-electron chi connectivity index (χ0n) is 21.5. The maximum atomic E-state index is 14.2. The Balaban J connectivity index is 1.62. The molecule has 1 aromatic carbocycles. The molecular weight excluding hydrogens is 504 g/mol. The van der Waals surface area contributed by atoms with Crippen molar-refractivity contribution in [2.24, 2.45) is 7.05 Å². The van der Waals surface area contributed by atoms with E-state index in [1.165, 1.54) is 0 Å². The molecule has 11 heteroatoms. The first kappa shape index (κ1) is 24.1. The number of aromatic nitrogens is 7. The number of methoxy groups -OCH3 is 1. The molecule has 5 aromatic rings. The lowest BCUT2D eigenvalue weighted by Gasteiger charge is -2.28. The summed E-state index contributed by atoms with van der Waals surface area (Å²) < 4.78 is 9.23. The summed E-state index contributed by atoms with van der Waals surface area (Å²) >= 11 is 6.24. The van der Waals surface area contributed by atoms with Crippen molar-refractivity contribution < 1.29 is 9.53 Å². The highest BCUT2D eigenvalue weighted by molar-refractivity contribution is 6.30. The number of hydrogen-bond acceptors (Lipinski definition) is 7. The molecule has 0 N–H and O–H groups in total. The van der Waals surface area contributed by atoms with E-state index in [0.717, 1.165) is 16.8 Å². The highest BCUT2D eigenvalue weighted by Crippen LogP contribution is 2.45. The fraction of sp³-hybridized carbons (Fsp3) is 0.259. The van der Waals surface area contributed by atoms with Gasteiger partial charge >= 0.3 is 0 Å². The number of nitrogens with zero attached hydrogens (tertiary/aromatic N) is 8. The van der Waals surface area contributed by atoms with Gasteiger partial charge in [0.25, 0.3) is 5.91 Å². The summed E-state index contributed by atoms with van der Waals surface area (Å²) in [6.07, 6.45) is 1.67. The molecule has 5 heterocycles. The Labute approximate surface area is 223 Å². The van der Waals surface area contributed by atoms with Crippen LogP contribution < -0.4 is 9.64 Å². The van der Waals surface area contributed by atoms with Gasteiger partial charge in [0, 0.05) is 24.3 Å². The summed E-state index contributed by atoms with van der Waals surface area (Å²) in [6, 6.07) is 12.6. The number of carbonyl (C=O) groups excluding carboxylic acids is 1. The minimum atomic E-state index is -0.494. The first-order chi connectivity index (χ1) is 18.3. The lowest BCUT2D eigenvalue weighted by molar-refractivity contribution is 0.0989. The largest absolute Gasteiger partial charge is 0.480 e. The molecule has 0 saturated carbocycles. The van der Waals surface area contributed by atoms with Crippen LogP contribution in [0.25, 0.3) is 22.6 Å². The van der Waals surface area contributed by atoms with Crippen LogP contribution in [0.3, 0.4) is 0 Å². The minimum absolute atomic E-state index is 0.0211. The van der Waals surface area contributed by atoms with Gasteiger partial charge in [-0.2, -0.15) is 0 Å². The predicted octanol–water partition coefficient (Wildman–Crippen LogP) is 4.92. The molecule has 4 aromatic heterocycles. The fourth-order valence-corrected chi connectivity index (χ4v) is 5.23. The average molecular weight is 529 g/mol. The molecule has 0 fully saturated rings. The van der Waals surface area contributed by atoms with E-state index in [0.29, 0.717) is 45.0 Å². The summed E-state index contributed by atoms with van der Waals surface area (Å²) in [5.41, 5.74) is 4.90. The summed E-state index contributed by atoms with van der Waals surface area (Å²) in [4.78, 5) is 30.0. The molecule has 0 bridgehead atoms. The summed E-state index contributed by atoms with van der Waals surface area (Å²) in [5, 5.41) is 8.94. The smallest absolute Gasteiger partial charge is 0.280 e. The van der Waals surface area contributed by atoms with E-state index in [2.05, 4.69) is 33.7 Å². The van der Waals surface area contributed by atoms with E-state index in [1.54, 1.807) is 29.9 Å². The highest BCUT2D eigenvalue weighted by atomic mass is 35.5. The number of hydrogen-bond donors (Lipinski definition) is 0. The molecule has 0 unspecified atom stereocenters. The third kappa shape index (κ3) is 3.55. The van der Waals surface area contributed by atoms with E-state index in [1.807, 2.05) is 49.4 Å². The maximum Gasteiger partial charge on any atom is 0.280 e. The number of anilines is 1. The normalized spacial score (nSPS) is 15.1. The number of ether oxygens (including phenoxy) is 1. The van der Waals surface area contributed by atoms with Gasteiger partial charge in [-0.3, -0.25) is 9.69 Å². The second-order valence-corrected chi connectivity index (χ2v) is 9.94. The zero-order chi connectivity index (χ0) is 26.7. The number of imidazole rings is 1. The van der Waals surface area contributed by atoms with E-state index in [9.17, 15) is 4.79 Å². The van der Waals surface area contributed by atoms with Crippen LogP contribution in [0.2, 0.25) is 5.02 Å². The monoisotopic (exact) mass is 528 g/mol. The van der Waals surface area contributed by atoms with Gasteiger partial charge in [0.05, 0.1) is 18.4 Å². The van der Waals surface area contributed by atoms with Crippen LogP contribution in [-0.2, 0) is 7.05 Å². The maximum absolute atomic E-state index is 14.2. The molecule has 38 heavy (non-hydrogen) atoms. The van der Waals surface area contributed by atoms with Gasteiger partial charge in [-0.25, -0.2) is 19.6 Å².